The highest BCUT2D eigenvalue weighted by Gasteiger charge is 2.57. The van der Waals surface area contributed by atoms with Crippen LogP contribution in [0.25, 0.3) is 0 Å². The minimum atomic E-state index is 0.566. The lowest BCUT2D eigenvalue weighted by Gasteiger charge is -2.40. The second-order valence-electron chi connectivity index (χ2n) is 33.8. The quantitative estimate of drug-likeness (QED) is 0.0347. The van der Waals surface area contributed by atoms with Gasteiger partial charge >= 0.3 is 0 Å². The Hall–Kier alpha value is -2.22. The number of hydrogen-bond donors (Lipinski definition) is 6. The van der Waals surface area contributed by atoms with E-state index >= 15 is 0 Å². The van der Waals surface area contributed by atoms with Crippen molar-refractivity contribution in [1.82, 2.24) is 62.6 Å². The molecule has 12 heteroatoms. The van der Waals surface area contributed by atoms with Crippen molar-refractivity contribution in [1.29, 1.82) is 0 Å². The second kappa shape index (κ2) is 33.8. The van der Waals surface area contributed by atoms with E-state index in [-0.39, 0.29) is 0 Å². The number of rotatable bonds is 34. The number of nitrogens with one attached hydrogen (secondary N) is 6. The van der Waals surface area contributed by atoms with Gasteiger partial charge < -0.3 is 16.3 Å². The largest absolute Gasteiger partial charge is 0.306 e. The molecule has 0 aromatic carbocycles. The highest BCUT2D eigenvalue weighted by Crippen LogP contribution is 2.56. The maximum absolute atomic E-state index is 3.94. The average molecular weight is 1260 g/mol. The SMILES string of the molecule is CCCCCCCCCCCCCCCCCCN1C2CCC3CC2C2CC(CCC21)N1C=C(NN1)C1CCC2C(C1)C1CC(CCC1N2C)N1C=C(NN1)C1CCC2C(C1)C1CC(CCC1N2CCCCCCCCCCCCCCCCCC)N1C=C3NN1. The number of hydrazine groups is 6. The monoisotopic (exact) mass is 1260 g/mol. The first kappa shape index (κ1) is 67.4. The Balaban J connectivity index is 0.656. The van der Waals surface area contributed by atoms with E-state index in [1.165, 1.54) is 351 Å². The van der Waals surface area contributed by atoms with Crippen LogP contribution in [0, 0.1) is 53.3 Å². The van der Waals surface area contributed by atoms with E-state index in [2.05, 4.69) is 102 Å². The van der Waals surface area contributed by atoms with Gasteiger partial charge in [-0.1, -0.05) is 206 Å². The lowest BCUT2D eigenvalue weighted by molar-refractivity contribution is 0.0835. The normalized spacial score (nSPS) is 36.7. The number of unbranched alkanes of at least 4 members (excludes halogenated alkanes) is 30. The number of likely N-dealkylation sites (tertiary alicyclic amines) is 3. The van der Waals surface area contributed by atoms with E-state index in [4.69, 9.17) is 0 Å². The van der Waals surface area contributed by atoms with E-state index < -0.39 is 0 Å². The molecule has 7 heterocycles. The van der Waals surface area contributed by atoms with Gasteiger partial charge in [-0.25, -0.2) is 0 Å². The molecule has 91 heavy (non-hydrogen) atoms. The van der Waals surface area contributed by atoms with E-state index in [1.54, 1.807) is 0 Å². The van der Waals surface area contributed by atoms with E-state index in [9.17, 15) is 0 Å². The van der Waals surface area contributed by atoms with Crippen molar-refractivity contribution in [2.24, 2.45) is 53.3 Å². The summed E-state index contributed by atoms with van der Waals surface area (Å²) in [5, 5.41) is 7.82. The van der Waals surface area contributed by atoms with Crippen LogP contribution in [-0.4, -0.2) is 104 Å². The van der Waals surface area contributed by atoms with Crippen molar-refractivity contribution in [3.05, 3.63) is 35.7 Å². The minimum absolute atomic E-state index is 0.566. The molecule has 0 spiro atoms. The maximum Gasteiger partial charge on any atom is 0.0484 e. The first-order valence-electron chi connectivity index (χ1n) is 41.3. The summed E-state index contributed by atoms with van der Waals surface area (Å²) in [5.74, 6) is 6.63. The topological polar surface area (TPSA) is 91.6 Å². The Morgan fingerprint density at radius 2 is 0.527 bits per heavy atom. The first-order chi connectivity index (χ1) is 45.0. The van der Waals surface area contributed by atoms with Crippen LogP contribution in [0.4, 0.5) is 0 Å². The van der Waals surface area contributed by atoms with Gasteiger partial charge in [0.05, 0.1) is 0 Å². The molecule has 0 radical (unpaired) electrons. The Morgan fingerprint density at radius 1 is 0.286 bits per heavy atom. The van der Waals surface area contributed by atoms with Crippen LogP contribution in [0.1, 0.15) is 335 Å². The highest BCUT2D eigenvalue weighted by molar-refractivity contribution is 5.19. The summed E-state index contributed by atoms with van der Waals surface area (Å²) in [4.78, 5) is 9.23. The fourth-order valence-electron chi connectivity index (χ4n) is 23.4. The average Bonchev–Trinajstić information content (AvgIpc) is 1.64. The lowest BCUT2D eigenvalue weighted by atomic mass is 9.68. The fourth-order valence-corrected chi connectivity index (χ4v) is 23.4. The molecule has 0 amide bonds. The number of fused-ring (bicyclic) bond motifs is 15. The molecule has 0 aromatic rings. The predicted molar refractivity (Wildman–Crippen MR) is 377 cm³/mol. The third-order valence-corrected chi connectivity index (χ3v) is 28.3. The zero-order valence-corrected chi connectivity index (χ0v) is 59.1. The van der Waals surface area contributed by atoms with Crippen molar-refractivity contribution in [3.63, 3.8) is 0 Å². The van der Waals surface area contributed by atoms with Crippen LogP contribution in [0.5, 0.6) is 0 Å². The molecule has 7 aliphatic heterocycles. The van der Waals surface area contributed by atoms with Gasteiger partial charge in [-0.15, -0.1) is 16.6 Å². The third-order valence-electron chi connectivity index (χ3n) is 28.3. The Morgan fingerprint density at radius 3 is 0.846 bits per heavy atom. The summed E-state index contributed by atoms with van der Waals surface area (Å²) in [6.45, 7) is 7.34. The van der Waals surface area contributed by atoms with Crippen LogP contribution >= 0.6 is 0 Å². The van der Waals surface area contributed by atoms with E-state index in [0.717, 1.165) is 71.8 Å². The van der Waals surface area contributed by atoms with Crippen LogP contribution < -0.4 is 32.9 Å². The second-order valence-corrected chi connectivity index (χ2v) is 33.8. The number of nitrogens with zero attached hydrogens (tertiary/aromatic N) is 6. The van der Waals surface area contributed by atoms with Crippen LogP contribution in [0.3, 0.4) is 0 Å². The summed E-state index contributed by atoms with van der Waals surface area (Å²) in [7, 11) is 2.52. The minimum Gasteiger partial charge on any atom is -0.306 e. The van der Waals surface area contributed by atoms with Crippen molar-refractivity contribution < 1.29 is 0 Å². The Bertz CT molecular complexity index is 2240. The first-order valence-corrected chi connectivity index (χ1v) is 41.3. The van der Waals surface area contributed by atoms with Crippen LogP contribution in [0.15, 0.2) is 35.7 Å². The van der Waals surface area contributed by atoms with Crippen LogP contribution in [0.2, 0.25) is 0 Å². The molecule has 0 aromatic heterocycles. The molecule has 13 aliphatic rings. The van der Waals surface area contributed by atoms with Gasteiger partial charge in [-0.05, 0) is 184 Å². The summed E-state index contributed by atoms with van der Waals surface area (Å²) >= 11 is 0. The highest BCUT2D eigenvalue weighted by atomic mass is 15.7. The Kier molecular flexibility index (Phi) is 25.0. The smallest absolute Gasteiger partial charge is 0.0484 e. The third kappa shape index (κ3) is 16.3. The molecular weight excluding hydrogens is 1120 g/mol. The van der Waals surface area contributed by atoms with Crippen LogP contribution in [-0.2, 0) is 0 Å². The van der Waals surface area contributed by atoms with Gasteiger partial charge in [0.2, 0.25) is 0 Å². The van der Waals surface area contributed by atoms with Gasteiger partial charge in [0, 0.05) is 108 Å². The molecular formula is C79H140N12. The van der Waals surface area contributed by atoms with Crippen molar-refractivity contribution in [2.45, 2.75) is 389 Å². The molecule has 13 rings (SSSR count). The molecule has 18 bridgehead atoms. The molecule has 516 valence electrons. The predicted octanol–water partition coefficient (Wildman–Crippen LogP) is 17.6. The maximum atomic E-state index is 3.94. The molecule has 12 nitrogen and oxygen atoms in total. The van der Waals surface area contributed by atoms with Gasteiger partial charge in [-0.3, -0.25) is 29.7 Å². The standard InChI is InChI=1S/C79H140N12/c1-4-6-8-10-12-14-16-18-20-22-24-26-28-30-32-34-48-87-76-43-37-60-51-66(76)70-55-64(41-47-79(70)87)91-58-73(82-85-91)61-38-44-77-67(52-61)69-54-63(40-46-78(69)88(77)49-35-33-31-29-27-25-23-21-19-17-15-13-11-9-7-5-2)90-56-71(80-84-90)59-36-42-74-65(50-59)68-53-62(39-45-75(68)86(74)3)89-57-72(60)81-83-89/h56-70,74-85H,4-55H2,1-3H3. The zero-order chi connectivity index (χ0) is 61.7. The summed E-state index contributed by atoms with van der Waals surface area (Å²) < 4.78 is 0. The molecule has 9 fully saturated rings. The number of allylic oxidation sites excluding steroid dienone is 3. The van der Waals surface area contributed by atoms with Gasteiger partial charge in [-0.2, -0.15) is 0 Å². The number of hydrogen-bond acceptors (Lipinski definition) is 12. The fraction of sp³-hybridized carbons (Fsp3) is 0.924. The van der Waals surface area contributed by atoms with E-state index in [1.807, 2.05) is 0 Å². The molecule has 6 N–H and O–H groups in total. The summed E-state index contributed by atoms with van der Waals surface area (Å²) in [6, 6.07) is 6.25. The summed E-state index contributed by atoms with van der Waals surface area (Å²) in [6.07, 6.45) is 78.4. The summed E-state index contributed by atoms with van der Waals surface area (Å²) in [5.41, 5.74) is 27.8. The molecule has 6 saturated carbocycles. The van der Waals surface area contributed by atoms with Gasteiger partial charge in [0.1, 0.15) is 0 Å². The molecule has 18 unspecified atom stereocenters. The van der Waals surface area contributed by atoms with Crippen molar-refractivity contribution >= 4 is 0 Å². The van der Waals surface area contributed by atoms with Gasteiger partial charge in [0.25, 0.3) is 0 Å². The van der Waals surface area contributed by atoms with Gasteiger partial charge in [0.15, 0.2) is 0 Å². The van der Waals surface area contributed by atoms with E-state index in [0.29, 0.717) is 35.9 Å². The zero-order valence-electron chi connectivity index (χ0n) is 59.1. The lowest BCUT2D eigenvalue weighted by Crippen LogP contribution is -2.49. The molecule has 3 saturated heterocycles. The molecule has 18 atom stereocenters. The van der Waals surface area contributed by atoms with Crippen molar-refractivity contribution in [2.75, 3.05) is 20.1 Å². The Labute approximate surface area is 558 Å². The molecule has 6 aliphatic carbocycles. The van der Waals surface area contributed by atoms with Crippen molar-refractivity contribution in [3.8, 4) is 0 Å².